The molecule has 2 aliphatic carbocycles. The second kappa shape index (κ2) is 4.18. The molecule has 0 saturated carbocycles. The third kappa shape index (κ3) is 1.76. The lowest BCUT2D eigenvalue weighted by atomic mass is 9.78. The molecule has 88 valence electrons. The summed E-state index contributed by atoms with van der Waals surface area (Å²) >= 11 is 0. The highest BCUT2D eigenvalue weighted by Gasteiger charge is 2.29. The third-order valence-electron chi connectivity index (χ3n) is 4.43. The first-order chi connectivity index (χ1) is 8.27. The van der Waals surface area contributed by atoms with E-state index in [4.69, 9.17) is 0 Å². The largest absolute Gasteiger partial charge is 0.0660 e. The van der Waals surface area contributed by atoms with Crippen molar-refractivity contribution in [2.75, 3.05) is 0 Å². The van der Waals surface area contributed by atoms with Crippen LogP contribution in [0.15, 0.2) is 52.6 Å². The number of allylic oxidation sites excluding steroid dienone is 4. The molecule has 0 fully saturated rings. The highest BCUT2D eigenvalue weighted by atomic mass is 14.3. The molecule has 0 N–H and O–H groups in total. The topological polar surface area (TPSA) is 0 Å². The van der Waals surface area contributed by atoms with Gasteiger partial charge in [-0.05, 0) is 56.2 Å². The van der Waals surface area contributed by atoms with Crippen molar-refractivity contribution in [2.24, 2.45) is 0 Å². The standard InChI is InChI=1S/C17H20/c1-12-11-15-9-6-10-16(17(15)13(12)2)14-7-4-3-5-8-14/h3-5,7-8,16H,6,9-11H2,1-2H3. The van der Waals surface area contributed by atoms with Crippen LogP contribution in [0, 0.1) is 0 Å². The Bertz CT molecular complexity index is 488. The van der Waals surface area contributed by atoms with Gasteiger partial charge in [0.2, 0.25) is 0 Å². The van der Waals surface area contributed by atoms with Crippen molar-refractivity contribution < 1.29 is 0 Å². The van der Waals surface area contributed by atoms with Gasteiger partial charge in [0.15, 0.2) is 0 Å². The molecule has 1 atom stereocenters. The summed E-state index contributed by atoms with van der Waals surface area (Å²) in [6, 6.07) is 11.0. The van der Waals surface area contributed by atoms with E-state index in [-0.39, 0.29) is 0 Å². The Kier molecular flexibility index (Phi) is 2.66. The van der Waals surface area contributed by atoms with Crippen molar-refractivity contribution in [3.63, 3.8) is 0 Å². The van der Waals surface area contributed by atoms with Gasteiger partial charge in [-0.3, -0.25) is 0 Å². The molecule has 0 heteroatoms. The van der Waals surface area contributed by atoms with Gasteiger partial charge in [-0.2, -0.15) is 0 Å². The minimum atomic E-state index is 0.664. The molecule has 0 bridgehead atoms. The SMILES string of the molecule is CC1=C(C)C2=C(CCCC2c2ccccc2)C1. The Balaban J connectivity index is 2.04. The molecule has 1 aromatic rings. The number of hydrogen-bond acceptors (Lipinski definition) is 0. The van der Waals surface area contributed by atoms with Gasteiger partial charge < -0.3 is 0 Å². The van der Waals surface area contributed by atoms with Crippen LogP contribution in [-0.2, 0) is 0 Å². The molecule has 0 saturated heterocycles. The van der Waals surface area contributed by atoms with Gasteiger partial charge in [0.1, 0.15) is 0 Å². The van der Waals surface area contributed by atoms with Gasteiger partial charge >= 0.3 is 0 Å². The van der Waals surface area contributed by atoms with E-state index >= 15 is 0 Å². The molecular weight excluding hydrogens is 204 g/mol. The summed E-state index contributed by atoms with van der Waals surface area (Å²) in [7, 11) is 0. The van der Waals surface area contributed by atoms with Gasteiger partial charge in [0, 0.05) is 5.92 Å². The van der Waals surface area contributed by atoms with Crippen molar-refractivity contribution in [1.82, 2.24) is 0 Å². The second-order valence-corrected chi connectivity index (χ2v) is 5.45. The maximum absolute atomic E-state index is 2.32. The summed E-state index contributed by atoms with van der Waals surface area (Å²) in [6.45, 7) is 4.62. The van der Waals surface area contributed by atoms with Crippen LogP contribution < -0.4 is 0 Å². The second-order valence-electron chi connectivity index (χ2n) is 5.45. The molecule has 0 heterocycles. The van der Waals surface area contributed by atoms with Crippen LogP contribution in [0.3, 0.4) is 0 Å². The average molecular weight is 224 g/mol. The van der Waals surface area contributed by atoms with Crippen molar-refractivity contribution in [3.05, 3.63) is 58.2 Å². The Morgan fingerprint density at radius 1 is 1.06 bits per heavy atom. The highest BCUT2D eigenvalue weighted by molar-refractivity contribution is 5.52. The number of rotatable bonds is 1. The van der Waals surface area contributed by atoms with Crippen LogP contribution in [-0.4, -0.2) is 0 Å². The summed E-state index contributed by atoms with van der Waals surface area (Å²) in [5.41, 5.74) is 8.08. The molecule has 1 unspecified atom stereocenters. The van der Waals surface area contributed by atoms with Crippen LogP contribution in [0.5, 0.6) is 0 Å². The van der Waals surface area contributed by atoms with E-state index in [9.17, 15) is 0 Å². The van der Waals surface area contributed by atoms with Crippen molar-refractivity contribution in [3.8, 4) is 0 Å². The van der Waals surface area contributed by atoms with Crippen molar-refractivity contribution in [2.45, 2.75) is 45.4 Å². The lowest BCUT2D eigenvalue weighted by molar-refractivity contribution is 0.608. The van der Waals surface area contributed by atoms with Crippen LogP contribution >= 0.6 is 0 Å². The molecular formula is C17H20. The van der Waals surface area contributed by atoms with Crippen molar-refractivity contribution in [1.29, 1.82) is 0 Å². The van der Waals surface area contributed by atoms with E-state index in [1.807, 2.05) is 0 Å². The minimum absolute atomic E-state index is 0.664. The van der Waals surface area contributed by atoms with E-state index in [2.05, 4.69) is 44.2 Å². The van der Waals surface area contributed by atoms with E-state index in [1.54, 1.807) is 22.3 Å². The van der Waals surface area contributed by atoms with Gasteiger partial charge in [-0.15, -0.1) is 0 Å². The number of hydrogen-bond donors (Lipinski definition) is 0. The summed E-state index contributed by atoms with van der Waals surface area (Å²) in [5, 5.41) is 0. The smallest absolute Gasteiger partial charge is 0.00917 e. The fourth-order valence-corrected chi connectivity index (χ4v) is 3.46. The lowest BCUT2D eigenvalue weighted by Crippen LogP contribution is -2.09. The zero-order chi connectivity index (χ0) is 11.8. The average Bonchev–Trinajstić information content (AvgIpc) is 2.66. The van der Waals surface area contributed by atoms with Gasteiger partial charge in [-0.1, -0.05) is 41.5 Å². The molecule has 3 rings (SSSR count). The van der Waals surface area contributed by atoms with Crippen LogP contribution in [0.1, 0.15) is 51.0 Å². The molecule has 0 amide bonds. The molecule has 0 spiro atoms. The fraction of sp³-hybridized carbons (Fsp3) is 0.412. The summed E-state index contributed by atoms with van der Waals surface area (Å²) < 4.78 is 0. The molecule has 0 aromatic heterocycles. The summed E-state index contributed by atoms with van der Waals surface area (Å²) in [6.07, 6.45) is 5.25. The number of benzene rings is 1. The van der Waals surface area contributed by atoms with E-state index < -0.39 is 0 Å². The van der Waals surface area contributed by atoms with E-state index in [1.165, 1.54) is 31.2 Å². The molecule has 0 aliphatic heterocycles. The summed E-state index contributed by atoms with van der Waals surface area (Å²) in [4.78, 5) is 0. The first-order valence-electron chi connectivity index (χ1n) is 6.71. The predicted molar refractivity (Wildman–Crippen MR) is 73.1 cm³/mol. The van der Waals surface area contributed by atoms with Crippen LogP contribution in [0.2, 0.25) is 0 Å². The molecule has 2 aliphatic rings. The third-order valence-corrected chi connectivity index (χ3v) is 4.43. The monoisotopic (exact) mass is 224 g/mol. The quantitative estimate of drug-likeness (QED) is 0.630. The maximum atomic E-state index is 2.32. The van der Waals surface area contributed by atoms with Crippen LogP contribution in [0.25, 0.3) is 0 Å². The molecule has 0 radical (unpaired) electrons. The van der Waals surface area contributed by atoms with Gasteiger partial charge in [-0.25, -0.2) is 0 Å². The maximum Gasteiger partial charge on any atom is 0.00917 e. The highest BCUT2D eigenvalue weighted by Crippen LogP contribution is 2.47. The van der Waals surface area contributed by atoms with Crippen molar-refractivity contribution >= 4 is 0 Å². The van der Waals surface area contributed by atoms with Gasteiger partial charge in [0.05, 0.1) is 0 Å². The Morgan fingerprint density at radius 2 is 1.82 bits per heavy atom. The van der Waals surface area contributed by atoms with E-state index in [0.29, 0.717) is 5.92 Å². The predicted octanol–water partition coefficient (Wildman–Crippen LogP) is 4.99. The van der Waals surface area contributed by atoms with Crippen LogP contribution in [0.4, 0.5) is 0 Å². The lowest BCUT2D eigenvalue weighted by Gasteiger charge is -2.26. The molecule has 17 heavy (non-hydrogen) atoms. The normalized spacial score (nSPS) is 24.2. The first kappa shape index (κ1) is 10.8. The fourth-order valence-electron chi connectivity index (χ4n) is 3.46. The Hall–Kier alpha value is -1.30. The zero-order valence-corrected chi connectivity index (χ0v) is 10.8. The Morgan fingerprint density at radius 3 is 2.59 bits per heavy atom. The molecule has 1 aromatic carbocycles. The van der Waals surface area contributed by atoms with E-state index in [0.717, 1.165) is 0 Å². The Labute approximate surface area is 104 Å². The molecule has 0 nitrogen and oxygen atoms in total. The zero-order valence-electron chi connectivity index (χ0n) is 10.8. The summed E-state index contributed by atoms with van der Waals surface area (Å²) in [5.74, 6) is 0.664. The first-order valence-corrected chi connectivity index (χ1v) is 6.71. The minimum Gasteiger partial charge on any atom is -0.0660 e. The van der Waals surface area contributed by atoms with Gasteiger partial charge in [0.25, 0.3) is 0 Å².